The number of fused-ring (bicyclic) bond motifs is 1. The van der Waals surface area contributed by atoms with Gasteiger partial charge in [0, 0.05) is 57.8 Å². The molecule has 5 N–H and O–H groups in total. The number of piperidine rings is 2. The van der Waals surface area contributed by atoms with Crippen LogP contribution in [-0.4, -0.2) is 96.2 Å². The monoisotopic (exact) mass is 662 g/mol. The number of likely N-dealkylation sites (tertiary alicyclic amines) is 2. The van der Waals surface area contributed by atoms with E-state index in [1.54, 1.807) is 18.9 Å². The average Bonchev–Trinajstić information content (AvgIpc) is 3.06. The molecule has 2 aromatic rings. The maximum absolute atomic E-state index is 13.4. The average molecular weight is 663 g/mol. The number of rotatable bonds is 4. The van der Waals surface area contributed by atoms with Gasteiger partial charge in [-0.25, -0.2) is 4.79 Å². The van der Waals surface area contributed by atoms with Gasteiger partial charge in [0.2, 0.25) is 17.7 Å². The number of urea groups is 1. The fourth-order valence-corrected chi connectivity index (χ4v) is 7.23. The van der Waals surface area contributed by atoms with E-state index < -0.39 is 17.7 Å². The molecular formula is C36H50N6O6. The van der Waals surface area contributed by atoms with Crippen molar-refractivity contribution in [1.29, 1.82) is 0 Å². The van der Waals surface area contributed by atoms with E-state index in [0.29, 0.717) is 64.1 Å². The van der Waals surface area contributed by atoms with E-state index >= 15 is 0 Å². The predicted octanol–water partition coefficient (Wildman–Crippen LogP) is 2.87. The van der Waals surface area contributed by atoms with Crippen LogP contribution >= 0.6 is 0 Å². The number of aliphatic hydroxyl groups excluding tert-OH is 1. The summed E-state index contributed by atoms with van der Waals surface area (Å²) in [6.07, 6.45) is 1.51. The highest BCUT2D eigenvalue weighted by atomic mass is 16.5. The lowest BCUT2D eigenvalue weighted by Crippen LogP contribution is -2.58. The molecule has 48 heavy (non-hydrogen) atoms. The Morgan fingerprint density at radius 1 is 0.958 bits per heavy atom. The Morgan fingerprint density at radius 3 is 2.48 bits per heavy atom. The Morgan fingerprint density at radius 2 is 1.73 bits per heavy atom. The molecule has 5 amide bonds. The van der Waals surface area contributed by atoms with Crippen LogP contribution in [0.15, 0.2) is 54.6 Å². The second-order valence-corrected chi connectivity index (χ2v) is 13.7. The van der Waals surface area contributed by atoms with Crippen LogP contribution in [0.1, 0.15) is 57.4 Å². The molecule has 3 fully saturated rings. The Balaban J connectivity index is 1.25. The number of benzene rings is 2. The lowest BCUT2D eigenvalue weighted by atomic mass is 9.80. The third-order valence-corrected chi connectivity index (χ3v) is 10.1. The van der Waals surface area contributed by atoms with E-state index in [0.717, 1.165) is 17.9 Å². The van der Waals surface area contributed by atoms with Crippen LogP contribution in [0.4, 0.5) is 10.5 Å². The van der Waals surface area contributed by atoms with Gasteiger partial charge in [0.1, 0.15) is 5.75 Å². The summed E-state index contributed by atoms with van der Waals surface area (Å²) in [6, 6.07) is 16.4. The number of carbonyl (C=O) groups excluding carboxylic acids is 4. The summed E-state index contributed by atoms with van der Waals surface area (Å²) in [7, 11) is 1.65. The number of nitrogens with zero attached hydrogens (tertiary/aromatic N) is 2. The number of carbonyl (C=O) groups is 4. The zero-order valence-electron chi connectivity index (χ0n) is 28.1. The molecule has 2 aromatic carbocycles. The van der Waals surface area contributed by atoms with Crippen molar-refractivity contribution in [2.45, 2.75) is 76.1 Å². The number of amides is 5. The number of para-hydroxylation sites is 1. The molecule has 5 rings (SSSR count). The highest BCUT2D eigenvalue weighted by Gasteiger charge is 2.39. The van der Waals surface area contributed by atoms with Gasteiger partial charge < -0.3 is 36.0 Å². The molecule has 3 aliphatic rings. The molecule has 0 radical (unpaired) electrons. The third-order valence-electron chi connectivity index (χ3n) is 10.1. The molecule has 3 heterocycles. The maximum atomic E-state index is 13.4. The van der Waals surface area contributed by atoms with Crippen molar-refractivity contribution in [3.63, 3.8) is 0 Å². The van der Waals surface area contributed by atoms with Crippen molar-refractivity contribution in [2.75, 3.05) is 45.2 Å². The molecule has 12 heteroatoms. The number of nitrogens with one attached hydrogen (secondary N) is 4. The first-order chi connectivity index (χ1) is 23.1. The molecule has 0 aromatic heterocycles. The lowest BCUT2D eigenvalue weighted by molar-refractivity contribution is -0.130. The fourth-order valence-electron chi connectivity index (χ4n) is 7.23. The van der Waals surface area contributed by atoms with E-state index in [1.807, 2.05) is 48.5 Å². The number of ether oxygens (including phenoxy) is 1. The number of hydrogen-bond donors (Lipinski definition) is 5. The second kappa shape index (κ2) is 16.3. The van der Waals surface area contributed by atoms with Crippen molar-refractivity contribution >= 4 is 29.4 Å². The van der Waals surface area contributed by atoms with E-state index in [9.17, 15) is 24.3 Å². The number of methoxy groups -OCH3 is 1. The van der Waals surface area contributed by atoms with Crippen LogP contribution in [0.3, 0.4) is 0 Å². The minimum absolute atomic E-state index is 0.00322. The van der Waals surface area contributed by atoms with Crippen molar-refractivity contribution in [3.8, 4) is 5.75 Å². The molecule has 0 bridgehead atoms. The number of aliphatic hydroxyl groups is 1. The fraction of sp³-hybridized carbons (Fsp3) is 0.556. The Hall–Kier alpha value is -4.16. The molecular weight excluding hydrogens is 612 g/mol. The minimum atomic E-state index is -1.08. The molecule has 3 saturated heterocycles. The van der Waals surface area contributed by atoms with Gasteiger partial charge in [-0.3, -0.25) is 19.3 Å². The summed E-state index contributed by atoms with van der Waals surface area (Å²) < 4.78 is 5.37. The van der Waals surface area contributed by atoms with Crippen molar-refractivity contribution < 1.29 is 29.0 Å². The first-order valence-electron chi connectivity index (χ1n) is 17.1. The van der Waals surface area contributed by atoms with Gasteiger partial charge in [-0.15, -0.1) is 0 Å². The first-order valence-corrected chi connectivity index (χ1v) is 17.1. The van der Waals surface area contributed by atoms with Crippen molar-refractivity contribution in [3.05, 3.63) is 60.2 Å². The zero-order chi connectivity index (χ0) is 34.1. The SMILES string of the molecule is COc1cccc(CN2CCC3(CC2)CC(=O)NCC[C@H]2CN(C(=O)Nc4ccccc4)CC[C@H]2CC(=O)N[C@@H](C)[C@@H](O)CC(=O)N3)c1. The highest BCUT2D eigenvalue weighted by molar-refractivity contribution is 5.89. The predicted molar refractivity (Wildman–Crippen MR) is 182 cm³/mol. The van der Waals surface area contributed by atoms with Gasteiger partial charge in [-0.05, 0) is 74.3 Å². The summed E-state index contributed by atoms with van der Waals surface area (Å²) in [4.78, 5) is 57.0. The van der Waals surface area contributed by atoms with Crippen LogP contribution in [0.2, 0.25) is 0 Å². The molecule has 0 aliphatic carbocycles. The van der Waals surface area contributed by atoms with Gasteiger partial charge in [0.05, 0.1) is 31.2 Å². The van der Waals surface area contributed by atoms with Crippen LogP contribution < -0.4 is 26.0 Å². The van der Waals surface area contributed by atoms with Gasteiger partial charge in [0.25, 0.3) is 0 Å². The third kappa shape index (κ3) is 9.70. The molecule has 0 unspecified atom stereocenters. The molecule has 260 valence electrons. The van der Waals surface area contributed by atoms with Gasteiger partial charge in [0.15, 0.2) is 0 Å². The zero-order valence-corrected chi connectivity index (χ0v) is 28.1. The summed E-state index contributed by atoms with van der Waals surface area (Å²) in [5, 5.41) is 22.9. The lowest BCUT2D eigenvalue weighted by Gasteiger charge is -2.42. The van der Waals surface area contributed by atoms with Gasteiger partial charge in [-0.1, -0.05) is 30.3 Å². The summed E-state index contributed by atoms with van der Waals surface area (Å²) in [5.41, 5.74) is 1.09. The van der Waals surface area contributed by atoms with E-state index in [2.05, 4.69) is 32.2 Å². The standard InChI is InChI=1S/C36H50N6O6/c1-25-31(43)21-33(45)40-36(13-17-41(18-14-36)23-26-7-6-10-30(19-26)48-2)22-34(46)37-15-11-28-24-42(16-12-27(28)20-32(44)38-25)35(47)39-29-8-4-3-5-9-29/h3-10,19,25,27-28,31,43H,11-18,20-24H2,1-2H3,(H,37,46)(H,38,44)(H,39,47)(H,40,45)/t25-,27-,28-,31-/m0/s1. The van der Waals surface area contributed by atoms with Crippen LogP contribution in [0, 0.1) is 11.8 Å². The van der Waals surface area contributed by atoms with Crippen LogP contribution in [-0.2, 0) is 20.9 Å². The molecule has 4 atom stereocenters. The Kier molecular flexibility index (Phi) is 11.9. The highest BCUT2D eigenvalue weighted by Crippen LogP contribution is 2.31. The number of hydrogen-bond acceptors (Lipinski definition) is 7. The van der Waals surface area contributed by atoms with Crippen LogP contribution in [0.5, 0.6) is 5.75 Å². The normalized spacial score (nSPS) is 26.1. The molecule has 3 aliphatic heterocycles. The van der Waals surface area contributed by atoms with E-state index in [-0.39, 0.29) is 54.9 Å². The quantitative estimate of drug-likeness (QED) is 0.338. The van der Waals surface area contributed by atoms with Crippen molar-refractivity contribution in [2.24, 2.45) is 11.8 Å². The van der Waals surface area contributed by atoms with E-state index in [4.69, 9.17) is 4.74 Å². The Labute approximate surface area is 283 Å². The Bertz CT molecular complexity index is 1410. The molecule has 0 saturated carbocycles. The van der Waals surface area contributed by atoms with E-state index in [1.165, 1.54) is 0 Å². The minimum Gasteiger partial charge on any atom is -0.497 e. The second-order valence-electron chi connectivity index (χ2n) is 13.7. The summed E-state index contributed by atoms with van der Waals surface area (Å²) in [6.45, 7) is 5.17. The molecule has 1 spiro atoms. The maximum Gasteiger partial charge on any atom is 0.321 e. The summed E-state index contributed by atoms with van der Waals surface area (Å²) >= 11 is 0. The van der Waals surface area contributed by atoms with Gasteiger partial charge >= 0.3 is 6.03 Å². The van der Waals surface area contributed by atoms with Gasteiger partial charge in [-0.2, -0.15) is 0 Å². The topological polar surface area (TPSA) is 152 Å². The molecule has 12 nitrogen and oxygen atoms in total. The smallest absolute Gasteiger partial charge is 0.321 e. The first kappa shape index (κ1) is 35.2. The van der Waals surface area contributed by atoms with Crippen molar-refractivity contribution in [1.82, 2.24) is 25.8 Å². The largest absolute Gasteiger partial charge is 0.497 e. The van der Waals surface area contributed by atoms with Crippen LogP contribution in [0.25, 0.3) is 0 Å². The summed E-state index contributed by atoms with van der Waals surface area (Å²) in [5.74, 6) is 0.105. The number of anilines is 1.